The van der Waals surface area contributed by atoms with E-state index >= 15 is 0 Å². The fraction of sp³-hybridized carbons (Fsp3) is 0.370. The molecule has 23 heteroatoms. The molecule has 4 atom stereocenters. The van der Waals surface area contributed by atoms with Gasteiger partial charge in [0, 0.05) is 42.4 Å². The van der Waals surface area contributed by atoms with Gasteiger partial charge in [-0.25, -0.2) is 63.7 Å². The van der Waals surface area contributed by atoms with Gasteiger partial charge < -0.3 is 0 Å². The Kier molecular flexibility index (Phi) is 12.6. The van der Waals surface area contributed by atoms with Crippen molar-refractivity contribution in [1.29, 1.82) is 0 Å². The van der Waals surface area contributed by atoms with Crippen LogP contribution in [0.25, 0.3) is 34.2 Å². The number of pyridine rings is 2. The quantitative estimate of drug-likeness (QED) is 0.0827. The second-order valence-electron chi connectivity index (χ2n) is 21.6. The summed E-state index contributed by atoms with van der Waals surface area (Å²) in [5.41, 5.74) is 3.81. The number of rotatable bonds is 12. The predicted octanol–water partition coefficient (Wildman–Crippen LogP) is 9.03. The molecule has 0 aliphatic heterocycles. The molecule has 4 bridgehead atoms. The van der Waals surface area contributed by atoms with Crippen molar-refractivity contribution in [1.82, 2.24) is 59.9 Å². The van der Waals surface area contributed by atoms with E-state index in [1.165, 1.54) is 66.2 Å². The average Bonchev–Trinajstić information content (AvgIpc) is 4.41. The van der Waals surface area contributed by atoms with E-state index in [1.54, 1.807) is 23.0 Å². The van der Waals surface area contributed by atoms with E-state index in [0.29, 0.717) is 23.3 Å². The molecule has 0 spiro atoms. The van der Waals surface area contributed by atoms with Gasteiger partial charge in [-0.05, 0) is 131 Å². The molecule has 6 heterocycles. The Bertz CT molecular complexity index is 3890. The minimum absolute atomic E-state index is 0.0304. The Hall–Kier alpha value is -6.91. The van der Waals surface area contributed by atoms with E-state index in [4.69, 9.17) is 11.6 Å². The Balaban J connectivity index is 0.000000164. The van der Waals surface area contributed by atoms with Crippen molar-refractivity contribution in [2.24, 2.45) is 10.8 Å². The maximum atomic E-state index is 14.6. The third kappa shape index (κ3) is 8.70. The second-order valence-corrected chi connectivity index (χ2v) is 26.5. The summed E-state index contributed by atoms with van der Waals surface area (Å²) in [6.45, 7) is 8.74. The van der Waals surface area contributed by atoms with Crippen LogP contribution < -0.4 is 0 Å². The SMILES string of the molecule is CC1(C)[C@H]2CC[C@]1(c1cc(Cl)nc(-n3cnc(CCS(C)(=O)=O)n3)c1)c1nnc(-c3c(F)cccc3F)cc12.CC1(C)[C@H]2CC[C@]1(c1ccnc(-n3cnc(CCS(C)(=O)=O)n3)c1)c1nnc(-c3c(F)cccc3F)cc12. The minimum Gasteiger partial charge on any atom is -0.237 e. The highest BCUT2D eigenvalue weighted by atomic mass is 35.5. The van der Waals surface area contributed by atoms with E-state index in [-0.39, 0.29) is 74.7 Å². The van der Waals surface area contributed by atoms with Crippen molar-refractivity contribution in [3.05, 3.63) is 165 Å². The summed E-state index contributed by atoms with van der Waals surface area (Å²) in [5, 5.41) is 26.9. The van der Waals surface area contributed by atoms with Crippen molar-refractivity contribution in [3.63, 3.8) is 0 Å². The summed E-state index contributed by atoms with van der Waals surface area (Å²) in [6, 6.07) is 18.7. The maximum absolute atomic E-state index is 14.6. The van der Waals surface area contributed by atoms with Crippen LogP contribution in [0.2, 0.25) is 5.15 Å². The fourth-order valence-electron chi connectivity index (χ4n) is 12.9. The van der Waals surface area contributed by atoms with Crippen LogP contribution in [0.4, 0.5) is 17.6 Å². The third-order valence-electron chi connectivity index (χ3n) is 16.7. The summed E-state index contributed by atoms with van der Waals surface area (Å²) in [5.74, 6) is -0.746. The molecule has 2 fully saturated rings. The van der Waals surface area contributed by atoms with Crippen LogP contribution in [0.5, 0.6) is 0 Å². The van der Waals surface area contributed by atoms with E-state index in [0.717, 1.165) is 59.3 Å². The molecule has 398 valence electrons. The lowest BCUT2D eigenvalue weighted by Crippen LogP contribution is -2.37. The highest BCUT2D eigenvalue weighted by Crippen LogP contribution is 2.71. The van der Waals surface area contributed by atoms with Crippen LogP contribution in [-0.4, -0.2) is 101 Å². The molecular formula is C54H51ClF4N12O4S2. The zero-order valence-electron chi connectivity index (χ0n) is 42.7. The Morgan fingerprint density at radius 3 is 1.49 bits per heavy atom. The van der Waals surface area contributed by atoms with Crippen LogP contribution >= 0.6 is 11.6 Å². The number of sulfone groups is 2. The largest absolute Gasteiger partial charge is 0.237 e. The van der Waals surface area contributed by atoms with Crippen molar-refractivity contribution >= 4 is 31.3 Å². The maximum Gasteiger partial charge on any atom is 0.157 e. The smallest absolute Gasteiger partial charge is 0.157 e. The lowest BCUT2D eigenvalue weighted by Gasteiger charge is -2.38. The number of hydrogen-bond donors (Lipinski definition) is 0. The summed E-state index contributed by atoms with van der Waals surface area (Å²) in [7, 11) is -6.29. The van der Waals surface area contributed by atoms with Gasteiger partial charge in [0.1, 0.15) is 60.8 Å². The van der Waals surface area contributed by atoms with Gasteiger partial charge >= 0.3 is 0 Å². The molecule has 4 aliphatic carbocycles. The number of nitrogens with zero attached hydrogens (tertiary/aromatic N) is 12. The molecule has 4 aliphatic rings. The van der Waals surface area contributed by atoms with Crippen LogP contribution in [-0.2, 0) is 43.3 Å². The highest BCUT2D eigenvalue weighted by Gasteiger charge is 2.65. The molecule has 16 nitrogen and oxygen atoms in total. The molecule has 0 N–H and O–H groups in total. The van der Waals surface area contributed by atoms with Crippen molar-refractivity contribution in [3.8, 4) is 34.2 Å². The first-order valence-corrected chi connectivity index (χ1v) is 29.4. The number of fused-ring (bicyclic) bond motifs is 10. The van der Waals surface area contributed by atoms with Gasteiger partial charge in [-0.15, -0.1) is 20.4 Å². The van der Waals surface area contributed by atoms with Gasteiger partial charge in [0.05, 0.1) is 45.4 Å². The van der Waals surface area contributed by atoms with Gasteiger partial charge in [0.15, 0.2) is 23.3 Å². The van der Waals surface area contributed by atoms with E-state index in [9.17, 15) is 34.4 Å². The predicted molar refractivity (Wildman–Crippen MR) is 278 cm³/mol. The summed E-state index contributed by atoms with van der Waals surface area (Å²) >= 11 is 6.53. The summed E-state index contributed by atoms with van der Waals surface area (Å²) < 4.78 is 107. The molecule has 0 saturated heterocycles. The zero-order chi connectivity index (χ0) is 54.6. The Labute approximate surface area is 446 Å². The van der Waals surface area contributed by atoms with E-state index in [2.05, 4.69) is 78.2 Å². The monoisotopic (exact) mass is 1110 g/mol. The zero-order valence-corrected chi connectivity index (χ0v) is 45.1. The normalized spacial score (nSPS) is 21.4. The lowest BCUT2D eigenvalue weighted by molar-refractivity contribution is 0.248. The van der Waals surface area contributed by atoms with E-state index < -0.39 is 53.8 Å². The molecule has 2 aromatic carbocycles. The fourth-order valence-corrected chi connectivity index (χ4v) is 14.2. The third-order valence-corrected chi connectivity index (χ3v) is 18.7. The van der Waals surface area contributed by atoms with Crippen LogP contribution in [0.15, 0.2) is 91.6 Å². The van der Waals surface area contributed by atoms with Crippen molar-refractivity contribution in [2.45, 2.75) is 88.9 Å². The van der Waals surface area contributed by atoms with Crippen molar-refractivity contribution in [2.75, 3.05) is 24.0 Å². The standard InChI is InChI=1S/C27H25ClF2N6O2S.C27H26F2N6O2S/c1-26(2)17-7-9-27(26,25-16(17)13-20(33-34-25)24-18(29)5-4-6-19(24)30)15-11-21(28)32-23(12-15)36-14-31-22(35-36)8-10-39(3,37)38;1-26(2)18-7-10-27(26,25-17(18)14-21(32-33-25)24-19(28)5-4-6-20(24)29)16-8-11-30-23(13-16)35-15-31-22(34-35)9-12-38(3,36)37/h4-6,11-14,17H,7-10H2,1-3H3;4-6,8,11,13-15,18H,7,9-10,12H2,1-3H3/t17-,27-;18-,27-/m00/s1. The summed E-state index contributed by atoms with van der Waals surface area (Å²) in [4.78, 5) is 17.4. The van der Waals surface area contributed by atoms with Gasteiger partial charge in [-0.3, -0.25) is 0 Å². The number of aromatic nitrogens is 12. The number of aryl methyl sites for hydroxylation is 2. The van der Waals surface area contributed by atoms with Gasteiger partial charge in [0.25, 0.3) is 0 Å². The van der Waals surface area contributed by atoms with Crippen LogP contribution in [0.3, 0.4) is 0 Å². The molecule has 6 aromatic heterocycles. The average molecular weight is 1110 g/mol. The first-order valence-electron chi connectivity index (χ1n) is 24.9. The molecule has 12 rings (SSSR count). The first-order chi connectivity index (χ1) is 36.4. The molecule has 0 radical (unpaired) electrons. The number of hydrogen-bond acceptors (Lipinski definition) is 14. The van der Waals surface area contributed by atoms with Crippen molar-refractivity contribution < 1.29 is 34.4 Å². The molecule has 77 heavy (non-hydrogen) atoms. The minimum atomic E-state index is -3.16. The van der Waals surface area contributed by atoms with E-state index in [1.807, 2.05) is 24.3 Å². The van der Waals surface area contributed by atoms with Crippen LogP contribution in [0, 0.1) is 34.1 Å². The molecule has 0 amide bonds. The number of benzene rings is 2. The van der Waals surface area contributed by atoms with Gasteiger partial charge in [0.2, 0.25) is 0 Å². The Morgan fingerprint density at radius 2 is 1.03 bits per heavy atom. The topological polar surface area (TPSA) is 207 Å². The van der Waals surface area contributed by atoms with Gasteiger partial charge in [-0.2, -0.15) is 10.2 Å². The highest BCUT2D eigenvalue weighted by molar-refractivity contribution is 7.90. The van der Waals surface area contributed by atoms with Gasteiger partial charge in [-0.1, -0.05) is 51.4 Å². The molecular weight excluding hydrogens is 1060 g/mol. The lowest BCUT2D eigenvalue weighted by atomic mass is 9.64. The van der Waals surface area contributed by atoms with Crippen LogP contribution in [0.1, 0.15) is 111 Å². The Morgan fingerprint density at radius 1 is 0.584 bits per heavy atom. The molecule has 8 aromatic rings. The second kappa shape index (κ2) is 18.6. The molecule has 0 unspecified atom stereocenters. The summed E-state index contributed by atoms with van der Waals surface area (Å²) in [6.07, 6.45) is 10.9. The molecule has 2 saturated carbocycles. The first kappa shape index (κ1) is 52.2. The number of halogens is 5.